The third-order valence-corrected chi connectivity index (χ3v) is 5.62. The molecule has 120 valence electrons. The highest BCUT2D eigenvalue weighted by atomic mass is 35.5. The monoisotopic (exact) mass is 349 g/mol. The highest BCUT2D eigenvalue weighted by molar-refractivity contribution is 7.92. The van der Waals surface area contributed by atoms with Gasteiger partial charge < -0.3 is 4.98 Å². The summed E-state index contributed by atoms with van der Waals surface area (Å²) in [7, 11) is -1.93. The molecule has 0 saturated heterocycles. The molecule has 0 bridgehead atoms. The van der Waals surface area contributed by atoms with E-state index in [1.54, 1.807) is 43.4 Å². The molecule has 0 fully saturated rings. The molecule has 5 nitrogen and oxygen atoms in total. The number of anilines is 1. The van der Waals surface area contributed by atoms with Gasteiger partial charge in [-0.3, -0.25) is 4.31 Å². The maximum atomic E-state index is 12.6. The molecule has 1 N–H and O–H groups in total. The van der Waals surface area contributed by atoms with Crippen molar-refractivity contribution >= 4 is 38.3 Å². The van der Waals surface area contributed by atoms with Gasteiger partial charge in [0.05, 0.1) is 22.5 Å². The lowest BCUT2D eigenvalue weighted by atomic mass is 10.2. The lowest BCUT2D eigenvalue weighted by Crippen LogP contribution is -2.27. The summed E-state index contributed by atoms with van der Waals surface area (Å²) >= 11 is 5.83. The molecule has 1 heterocycles. The van der Waals surface area contributed by atoms with Crippen molar-refractivity contribution in [3.63, 3.8) is 0 Å². The van der Waals surface area contributed by atoms with Crippen LogP contribution < -0.4 is 4.31 Å². The molecule has 0 aliphatic rings. The minimum atomic E-state index is -3.49. The maximum Gasteiger partial charge on any atom is 0.239 e. The van der Waals surface area contributed by atoms with E-state index in [9.17, 15) is 8.42 Å². The van der Waals surface area contributed by atoms with Crippen LogP contribution in [0.4, 0.5) is 5.69 Å². The first kappa shape index (κ1) is 15.8. The number of nitrogens with one attached hydrogen (secondary N) is 1. The van der Waals surface area contributed by atoms with E-state index in [0.29, 0.717) is 16.3 Å². The fourth-order valence-corrected chi connectivity index (χ4v) is 3.74. The minimum Gasteiger partial charge on any atom is -0.342 e. The molecular weight excluding hydrogens is 334 g/mol. The number of benzene rings is 2. The van der Waals surface area contributed by atoms with Crippen LogP contribution in [0.2, 0.25) is 5.02 Å². The zero-order valence-corrected chi connectivity index (χ0v) is 14.3. The smallest absolute Gasteiger partial charge is 0.239 e. The largest absolute Gasteiger partial charge is 0.342 e. The number of fused-ring (bicyclic) bond motifs is 1. The molecular formula is C16H16ClN3O2S. The van der Waals surface area contributed by atoms with Gasteiger partial charge in [-0.2, -0.15) is 0 Å². The molecule has 3 rings (SSSR count). The normalized spacial score (nSPS) is 11.8. The Morgan fingerprint density at radius 2 is 1.87 bits per heavy atom. The van der Waals surface area contributed by atoms with Crippen LogP contribution >= 0.6 is 11.6 Å². The van der Waals surface area contributed by atoms with E-state index in [1.807, 2.05) is 13.0 Å². The van der Waals surface area contributed by atoms with Crippen molar-refractivity contribution in [1.29, 1.82) is 0 Å². The van der Waals surface area contributed by atoms with Gasteiger partial charge in [-0.25, -0.2) is 13.4 Å². The standard InChI is InChI=1S/C16H16ClN3O2S/c1-11-18-15-8-7-14(9-16(15)19-11)20(2)23(21,22)10-12-3-5-13(17)6-4-12/h3-9H,10H2,1-2H3,(H,18,19). The van der Waals surface area contributed by atoms with E-state index in [2.05, 4.69) is 9.97 Å². The number of aromatic amines is 1. The van der Waals surface area contributed by atoms with Crippen LogP contribution in [-0.4, -0.2) is 25.4 Å². The molecule has 23 heavy (non-hydrogen) atoms. The molecule has 0 unspecified atom stereocenters. The maximum absolute atomic E-state index is 12.6. The van der Waals surface area contributed by atoms with E-state index in [4.69, 9.17) is 11.6 Å². The first-order valence-corrected chi connectivity index (χ1v) is 9.01. The lowest BCUT2D eigenvalue weighted by Gasteiger charge is -2.19. The van der Waals surface area contributed by atoms with Crippen LogP contribution in [0.25, 0.3) is 11.0 Å². The molecule has 0 aliphatic carbocycles. The van der Waals surface area contributed by atoms with Crippen molar-refractivity contribution in [2.75, 3.05) is 11.4 Å². The second kappa shape index (κ2) is 5.86. The highest BCUT2D eigenvalue weighted by Crippen LogP contribution is 2.23. The van der Waals surface area contributed by atoms with Crippen molar-refractivity contribution in [2.24, 2.45) is 0 Å². The highest BCUT2D eigenvalue weighted by Gasteiger charge is 2.19. The molecule has 7 heteroatoms. The molecule has 0 amide bonds. The van der Waals surface area contributed by atoms with Crippen molar-refractivity contribution in [2.45, 2.75) is 12.7 Å². The van der Waals surface area contributed by atoms with Crippen molar-refractivity contribution < 1.29 is 8.42 Å². The number of sulfonamides is 1. The van der Waals surface area contributed by atoms with E-state index in [1.165, 1.54) is 4.31 Å². The average molecular weight is 350 g/mol. The zero-order valence-electron chi connectivity index (χ0n) is 12.7. The molecule has 0 radical (unpaired) electrons. The summed E-state index contributed by atoms with van der Waals surface area (Å²) in [5.41, 5.74) is 2.91. The summed E-state index contributed by atoms with van der Waals surface area (Å²) in [6.45, 7) is 1.86. The zero-order chi connectivity index (χ0) is 16.6. The second-order valence-corrected chi connectivity index (χ2v) is 7.81. The van der Waals surface area contributed by atoms with Gasteiger partial charge in [0, 0.05) is 12.1 Å². The molecule has 1 aromatic heterocycles. The average Bonchev–Trinajstić information content (AvgIpc) is 2.87. The summed E-state index contributed by atoms with van der Waals surface area (Å²) < 4.78 is 26.5. The first-order chi connectivity index (χ1) is 10.8. The van der Waals surface area contributed by atoms with Crippen LogP contribution in [0.5, 0.6) is 0 Å². The number of rotatable bonds is 4. The molecule has 0 aliphatic heterocycles. The van der Waals surface area contributed by atoms with Gasteiger partial charge in [-0.05, 0) is 42.8 Å². The number of hydrogen-bond acceptors (Lipinski definition) is 3. The van der Waals surface area contributed by atoms with Gasteiger partial charge in [-0.1, -0.05) is 23.7 Å². The van der Waals surface area contributed by atoms with Crippen molar-refractivity contribution in [3.05, 3.63) is 58.9 Å². The van der Waals surface area contributed by atoms with Gasteiger partial charge in [0.1, 0.15) is 5.82 Å². The van der Waals surface area contributed by atoms with Crippen LogP contribution in [0, 0.1) is 6.92 Å². The summed E-state index contributed by atoms with van der Waals surface area (Å²) in [5, 5.41) is 0.583. The lowest BCUT2D eigenvalue weighted by molar-refractivity contribution is 0.593. The number of aryl methyl sites for hydroxylation is 1. The van der Waals surface area contributed by atoms with Crippen LogP contribution in [-0.2, 0) is 15.8 Å². The minimum absolute atomic E-state index is 0.0826. The van der Waals surface area contributed by atoms with Crippen molar-refractivity contribution in [3.8, 4) is 0 Å². The van der Waals surface area contributed by atoms with E-state index >= 15 is 0 Å². The van der Waals surface area contributed by atoms with Crippen LogP contribution in [0.1, 0.15) is 11.4 Å². The van der Waals surface area contributed by atoms with E-state index < -0.39 is 10.0 Å². The number of nitrogens with zero attached hydrogens (tertiary/aromatic N) is 2. The Balaban J connectivity index is 1.89. The number of halogens is 1. The Morgan fingerprint density at radius 1 is 1.17 bits per heavy atom. The number of aromatic nitrogens is 2. The molecule has 3 aromatic rings. The van der Waals surface area contributed by atoms with Crippen LogP contribution in [0.3, 0.4) is 0 Å². The molecule has 0 spiro atoms. The fourth-order valence-electron chi connectivity index (χ4n) is 2.37. The Bertz CT molecular complexity index is 949. The van der Waals surface area contributed by atoms with Crippen molar-refractivity contribution in [1.82, 2.24) is 9.97 Å². The second-order valence-electron chi connectivity index (χ2n) is 5.37. The van der Waals surface area contributed by atoms with Gasteiger partial charge in [0.25, 0.3) is 0 Å². The number of hydrogen-bond donors (Lipinski definition) is 1. The SMILES string of the molecule is Cc1nc2ccc(N(C)S(=O)(=O)Cc3ccc(Cl)cc3)cc2[nH]1. The molecule has 2 aromatic carbocycles. The Morgan fingerprint density at radius 3 is 2.57 bits per heavy atom. The predicted molar refractivity (Wildman–Crippen MR) is 93.3 cm³/mol. The van der Waals surface area contributed by atoms with Gasteiger partial charge in [0.15, 0.2) is 0 Å². The third-order valence-electron chi connectivity index (χ3n) is 3.63. The summed E-state index contributed by atoms with van der Waals surface area (Å²) in [4.78, 5) is 7.43. The van der Waals surface area contributed by atoms with E-state index in [-0.39, 0.29) is 5.75 Å². The summed E-state index contributed by atoms with van der Waals surface area (Å²) in [6.07, 6.45) is 0. The summed E-state index contributed by atoms with van der Waals surface area (Å²) in [6, 6.07) is 12.2. The Labute approximate surface area is 140 Å². The van der Waals surface area contributed by atoms with Crippen LogP contribution in [0.15, 0.2) is 42.5 Å². The predicted octanol–water partition coefficient (Wildman–Crippen LogP) is 3.49. The topological polar surface area (TPSA) is 66.1 Å². The Kier molecular flexibility index (Phi) is 4.04. The van der Waals surface area contributed by atoms with Gasteiger partial charge in [-0.15, -0.1) is 0 Å². The van der Waals surface area contributed by atoms with Gasteiger partial charge in [0.2, 0.25) is 10.0 Å². The molecule has 0 saturated carbocycles. The Hall–Kier alpha value is -2.05. The third kappa shape index (κ3) is 3.33. The number of H-pyrrole nitrogens is 1. The molecule has 0 atom stereocenters. The first-order valence-electron chi connectivity index (χ1n) is 7.02. The quantitative estimate of drug-likeness (QED) is 0.784. The fraction of sp³-hybridized carbons (Fsp3) is 0.188. The summed E-state index contributed by atoms with van der Waals surface area (Å²) in [5.74, 6) is 0.713. The van der Waals surface area contributed by atoms with E-state index in [0.717, 1.165) is 16.9 Å². The van der Waals surface area contributed by atoms with Gasteiger partial charge >= 0.3 is 0 Å². The number of imidazole rings is 1.